The van der Waals surface area contributed by atoms with Crippen molar-refractivity contribution in [1.82, 2.24) is 39.5 Å². The number of aromatic nitrogens is 3. The van der Waals surface area contributed by atoms with Crippen molar-refractivity contribution in [2.24, 2.45) is 0 Å². The predicted octanol–water partition coefficient (Wildman–Crippen LogP) is 3.72. The van der Waals surface area contributed by atoms with Crippen LogP contribution in [-0.4, -0.2) is 111 Å². The molecule has 2 aromatic heterocycles. The maximum Gasteiger partial charge on any atom is 0.326 e. The minimum atomic E-state index is -0.638. The maximum absolute atomic E-state index is 14.4. The van der Waals surface area contributed by atoms with Crippen molar-refractivity contribution in [2.45, 2.75) is 95.3 Å². The molecule has 0 spiro atoms. The Kier molecular flexibility index (Phi) is 10.8. The summed E-state index contributed by atoms with van der Waals surface area (Å²) < 4.78 is 1.84. The van der Waals surface area contributed by atoms with Gasteiger partial charge in [0, 0.05) is 82.6 Å². The first-order valence-corrected chi connectivity index (χ1v) is 21.2. The molecule has 5 aliphatic rings. The fourth-order valence-corrected chi connectivity index (χ4v) is 10.0. The average Bonchev–Trinajstić information content (AvgIpc) is 3.60. The fourth-order valence-electron chi connectivity index (χ4n) is 10.0. The second-order valence-corrected chi connectivity index (χ2v) is 16.7. The number of carbonyl (C=O) groups excluding carboxylic acids is 2. The van der Waals surface area contributed by atoms with Crippen molar-refractivity contribution in [3.63, 3.8) is 0 Å². The lowest BCUT2D eigenvalue weighted by Gasteiger charge is -2.43. The summed E-state index contributed by atoms with van der Waals surface area (Å²) in [6.45, 7) is 7.69. The number of aryl methyl sites for hydroxylation is 2. The van der Waals surface area contributed by atoms with Crippen molar-refractivity contribution >= 4 is 35.1 Å². The summed E-state index contributed by atoms with van der Waals surface area (Å²) in [5.41, 5.74) is 6.83. The van der Waals surface area contributed by atoms with Crippen LogP contribution in [0.2, 0.25) is 0 Å². The molecular formula is C45H56N8O3. The van der Waals surface area contributed by atoms with Crippen LogP contribution in [-0.2, 0) is 30.6 Å². The Morgan fingerprint density at radius 1 is 0.786 bits per heavy atom. The van der Waals surface area contributed by atoms with Crippen LogP contribution >= 0.6 is 0 Å². The highest BCUT2D eigenvalue weighted by Gasteiger charge is 2.34. The summed E-state index contributed by atoms with van der Waals surface area (Å²) in [4.78, 5) is 58.4. The third-order valence-corrected chi connectivity index (χ3v) is 13.2. The summed E-state index contributed by atoms with van der Waals surface area (Å²) in [7, 11) is 0. The minimum Gasteiger partial charge on any atom is -0.341 e. The number of piperazine rings is 1. The number of nitrogens with zero attached hydrogens (tertiary/aromatic N) is 6. The SMILES string of the molecule is O=C(N[C@H](Cc1ccc2c(c1)CCCC2)C(=O)N1CCC(N2CCN(Cc3ccccc3)CC2)CC1)N1CCC(n2c(=O)[nH]c3c4c(ncc32)=CCCC=4)CC1. The smallest absolute Gasteiger partial charge is 0.326 e. The summed E-state index contributed by atoms with van der Waals surface area (Å²) in [5.74, 6) is 0.0207. The van der Waals surface area contributed by atoms with Gasteiger partial charge in [-0.1, -0.05) is 60.7 Å². The third-order valence-electron chi connectivity index (χ3n) is 13.2. The standard InChI is InChI=1S/C45H56N8O3/c54-43(51-20-16-36(17-21-51)50-26-24-49(25-27-50)31-32-8-2-1-3-9-32)40(29-33-14-15-34-10-4-5-11-35(34)28-33)47-44(55)52-22-18-37(19-23-52)53-41-30-46-39-13-7-6-12-38(39)42(41)48-45(53)56/h1-3,8-9,12-15,28,30,36-37,40H,4-7,10-11,16-27,29,31H2,(H,47,55)(H,48,56)/t40-/m1/s1. The van der Waals surface area contributed by atoms with Gasteiger partial charge < -0.3 is 20.1 Å². The number of amides is 3. The molecule has 5 heterocycles. The van der Waals surface area contributed by atoms with E-state index in [1.807, 2.05) is 20.6 Å². The van der Waals surface area contributed by atoms with E-state index in [0.29, 0.717) is 51.5 Å². The molecule has 0 radical (unpaired) electrons. The molecule has 0 unspecified atom stereocenters. The van der Waals surface area contributed by atoms with Gasteiger partial charge in [0.2, 0.25) is 5.91 Å². The number of fused-ring (bicyclic) bond motifs is 4. The molecule has 0 saturated carbocycles. The topological polar surface area (TPSA) is 110 Å². The molecule has 1 atom stereocenters. The van der Waals surface area contributed by atoms with Gasteiger partial charge in [0.15, 0.2) is 0 Å². The first-order chi connectivity index (χ1) is 27.5. The Bertz CT molecular complexity index is 2220. The molecular weight excluding hydrogens is 701 g/mol. The first-order valence-electron chi connectivity index (χ1n) is 21.2. The van der Waals surface area contributed by atoms with Crippen molar-refractivity contribution in [2.75, 3.05) is 52.4 Å². The number of carbonyl (C=O) groups is 2. The molecule has 2 aliphatic carbocycles. The van der Waals surface area contributed by atoms with Gasteiger partial charge in [0.1, 0.15) is 6.04 Å². The van der Waals surface area contributed by atoms with E-state index in [-0.39, 0.29) is 23.7 Å². The molecule has 3 saturated heterocycles. The second kappa shape index (κ2) is 16.4. The number of nitrogens with one attached hydrogen (secondary N) is 2. The Labute approximate surface area is 329 Å². The van der Waals surface area contributed by atoms with Crippen molar-refractivity contribution in [3.05, 3.63) is 98.0 Å². The number of hydrogen-bond acceptors (Lipinski definition) is 6. The van der Waals surface area contributed by atoms with Gasteiger partial charge in [0.25, 0.3) is 0 Å². The molecule has 9 rings (SSSR count). The normalized spacial score (nSPS) is 20.5. The second-order valence-electron chi connectivity index (χ2n) is 16.7. The average molecular weight is 757 g/mol. The van der Waals surface area contributed by atoms with Gasteiger partial charge in [-0.05, 0) is 86.5 Å². The summed E-state index contributed by atoms with van der Waals surface area (Å²) >= 11 is 0. The zero-order chi connectivity index (χ0) is 38.0. The first kappa shape index (κ1) is 36.9. The molecule has 3 aliphatic heterocycles. The van der Waals surface area contributed by atoms with Crippen LogP contribution in [0.4, 0.5) is 4.79 Å². The summed E-state index contributed by atoms with van der Waals surface area (Å²) in [6.07, 6.45) is 16.3. The lowest BCUT2D eigenvalue weighted by Crippen LogP contribution is -2.57. The van der Waals surface area contributed by atoms with E-state index in [0.717, 1.165) is 98.4 Å². The van der Waals surface area contributed by atoms with Gasteiger partial charge in [-0.2, -0.15) is 0 Å². The number of likely N-dealkylation sites (tertiary alicyclic amines) is 2. The zero-order valence-electron chi connectivity index (χ0n) is 32.6. The quantitative estimate of drug-likeness (QED) is 0.284. The Hall–Kier alpha value is -4.74. The van der Waals surface area contributed by atoms with Crippen molar-refractivity contribution in [1.29, 1.82) is 0 Å². The number of H-pyrrole nitrogens is 1. The largest absolute Gasteiger partial charge is 0.341 e. The molecule has 2 N–H and O–H groups in total. The van der Waals surface area contributed by atoms with Crippen LogP contribution in [0.15, 0.2) is 59.5 Å². The number of pyridine rings is 1. The molecule has 11 nitrogen and oxygen atoms in total. The van der Waals surface area contributed by atoms with Gasteiger partial charge in [-0.15, -0.1) is 0 Å². The zero-order valence-corrected chi connectivity index (χ0v) is 32.6. The molecule has 4 aromatic rings. The van der Waals surface area contributed by atoms with Gasteiger partial charge in [-0.25, -0.2) is 9.59 Å². The van der Waals surface area contributed by atoms with Crippen molar-refractivity contribution in [3.8, 4) is 0 Å². The number of rotatable bonds is 8. The van der Waals surface area contributed by atoms with Crippen LogP contribution in [0.1, 0.15) is 79.7 Å². The van der Waals surface area contributed by atoms with Crippen LogP contribution in [0.5, 0.6) is 0 Å². The fraction of sp³-hybridized carbons (Fsp3) is 0.511. The summed E-state index contributed by atoms with van der Waals surface area (Å²) in [6, 6.07) is 17.0. The third kappa shape index (κ3) is 7.80. The molecule has 3 amide bonds. The highest BCUT2D eigenvalue weighted by molar-refractivity contribution is 5.87. The van der Waals surface area contributed by atoms with E-state index in [4.69, 9.17) is 0 Å². The monoisotopic (exact) mass is 756 g/mol. The van der Waals surface area contributed by atoms with Crippen LogP contribution in [0.25, 0.3) is 23.2 Å². The van der Waals surface area contributed by atoms with E-state index >= 15 is 0 Å². The Balaban J connectivity index is 0.841. The van der Waals surface area contributed by atoms with Crippen LogP contribution in [0, 0.1) is 0 Å². The number of aromatic amines is 1. The van der Waals surface area contributed by atoms with E-state index in [1.165, 1.54) is 29.5 Å². The number of piperidine rings is 2. The molecule has 294 valence electrons. The van der Waals surface area contributed by atoms with Gasteiger partial charge >= 0.3 is 11.7 Å². The highest BCUT2D eigenvalue weighted by atomic mass is 16.2. The lowest BCUT2D eigenvalue weighted by molar-refractivity contribution is -0.135. The van der Waals surface area contributed by atoms with Gasteiger partial charge in [0.05, 0.1) is 22.6 Å². The summed E-state index contributed by atoms with van der Waals surface area (Å²) in [5, 5.41) is 5.17. The number of hydrogen-bond donors (Lipinski definition) is 2. The number of imidazole rings is 1. The van der Waals surface area contributed by atoms with E-state index in [9.17, 15) is 14.4 Å². The Morgan fingerprint density at radius 2 is 1.50 bits per heavy atom. The molecule has 11 heteroatoms. The number of benzene rings is 2. The molecule has 3 fully saturated rings. The van der Waals surface area contributed by atoms with Crippen LogP contribution < -0.4 is 21.6 Å². The van der Waals surface area contributed by atoms with E-state index < -0.39 is 6.04 Å². The maximum atomic E-state index is 14.4. The molecule has 2 aromatic carbocycles. The van der Waals surface area contributed by atoms with Crippen LogP contribution in [0.3, 0.4) is 0 Å². The predicted molar refractivity (Wildman–Crippen MR) is 220 cm³/mol. The lowest BCUT2D eigenvalue weighted by atomic mass is 9.89. The minimum absolute atomic E-state index is 0.0207. The molecule has 0 bridgehead atoms. The van der Waals surface area contributed by atoms with E-state index in [1.54, 1.807) is 0 Å². The van der Waals surface area contributed by atoms with E-state index in [2.05, 4.69) is 85.8 Å². The Morgan fingerprint density at radius 3 is 2.29 bits per heavy atom. The van der Waals surface area contributed by atoms with Gasteiger partial charge in [-0.3, -0.25) is 24.1 Å². The number of urea groups is 1. The highest BCUT2D eigenvalue weighted by Crippen LogP contribution is 2.26. The van der Waals surface area contributed by atoms with Crippen molar-refractivity contribution < 1.29 is 9.59 Å². The molecule has 56 heavy (non-hydrogen) atoms.